The molecular formula is C28H33FN6O3. The Kier molecular flexibility index (Phi) is 5.88. The molecule has 3 saturated carbocycles. The minimum atomic E-state index is -0.906. The standard InChI is InChI=1S/C28H33FN6O3/c1-27-9-10-28(2,15-27)23(29)20(12-27)35(17-6-7-17)22-14-30-24(34-33-22)18-8-5-16(11-21(18)36)19-13-31-25(37-3)26(32-19)38-4/h5,8,11,13-14,17,20,23,36H,6-7,9-10,12,15H2,1-4H3/t20-,23-,27-,28-/m1/s1. The fourth-order valence-corrected chi connectivity index (χ4v) is 6.61. The van der Waals surface area contributed by atoms with E-state index in [1.807, 2.05) is 0 Å². The van der Waals surface area contributed by atoms with Crippen molar-refractivity contribution in [1.82, 2.24) is 25.1 Å². The number of aromatic hydroxyl groups is 1. The van der Waals surface area contributed by atoms with E-state index in [2.05, 4.69) is 43.9 Å². The molecule has 0 spiro atoms. The van der Waals surface area contributed by atoms with Gasteiger partial charge in [-0.2, -0.15) is 0 Å². The van der Waals surface area contributed by atoms with Crippen molar-refractivity contribution in [3.05, 3.63) is 30.6 Å². The molecule has 3 aromatic rings. The number of hydrogen-bond acceptors (Lipinski definition) is 9. The molecule has 0 saturated heterocycles. The van der Waals surface area contributed by atoms with Crippen molar-refractivity contribution in [1.29, 1.82) is 0 Å². The highest BCUT2D eigenvalue weighted by Crippen LogP contribution is 2.60. The lowest BCUT2D eigenvalue weighted by atomic mass is 9.67. The highest BCUT2D eigenvalue weighted by molar-refractivity contribution is 5.71. The number of phenols is 1. The van der Waals surface area contributed by atoms with Gasteiger partial charge in [-0.15, -0.1) is 10.2 Å². The Morgan fingerprint density at radius 3 is 2.47 bits per heavy atom. The second-order valence-electron chi connectivity index (χ2n) is 11.6. The van der Waals surface area contributed by atoms with Crippen LogP contribution in [-0.4, -0.2) is 62.7 Å². The second-order valence-corrected chi connectivity index (χ2v) is 11.6. The van der Waals surface area contributed by atoms with Gasteiger partial charge in [-0.1, -0.05) is 19.9 Å². The number of alkyl halides is 1. The SMILES string of the molecule is COc1ncc(-c2ccc(-c3ncc(N(C4CC4)[C@@H]4C[C@@]5(C)CC[C@](C)(C5)[C@@H]4F)nn3)c(O)c2)nc1OC. The van der Waals surface area contributed by atoms with Crippen molar-refractivity contribution in [2.45, 2.75) is 70.6 Å². The van der Waals surface area contributed by atoms with Crippen LogP contribution in [0.2, 0.25) is 0 Å². The van der Waals surface area contributed by atoms with Gasteiger partial charge in [0, 0.05) is 17.0 Å². The van der Waals surface area contributed by atoms with Crippen LogP contribution in [0.3, 0.4) is 0 Å². The van der Waals surface area contributed by atoms with Crippen molar-refractivity contribution < 1.29 is 19.0 Å². The first-order valence-corrected chi connectivity index (χ1v) is 13.1. The molecule has 0 unspecified atom stereocenters. The van der Waals surface area contributed by atoms with E-state index in [9.17, 15) is 5.11 Å². The van der Waals surface area contributed by atoms with Crippen molar-refractivity contribution >= 4 is 5.82 Å². The molecule has 2 bridgehead atoms. The second kappa shape index (κ2) is 9.03. The highest BCUT2D eigenvalue weighted by Gasteiger charge is 2.58. The lowest BCUT2D eigenvalue weighted by Crippen LogP contribution is -2.54. The van der Waals surface area contributed by atoms with E-state index < -0.39 is 6.17 Å². The van der Waals surface area contributed by atoms with E-state index in [0.29, 0.717) is 28.5 Å². The number of benzene rings is 1. The minimum absolute atomic E-state index is 0.0128. The van der Waals surface area contributed by atoms with Crippen LogP contribution in [0.4, 0.5) is 10.2 Å². The van der Waals surface area contributed by atoms with Gasteiger partial charge in [0.2, 0.25) is 0 Å². The van der Waals surface area contributed by atoms with Gasteiger partial charge in [0.1, 0.15) is 11.9 Å². The monoisotopic (exact) mass is 520 g/mol. The summed E-state index contributed by atoms with van der Waals surface area (Å²) in [5.74, 6) is 1.42. The minimum Gasteiger partial charge on any atom is -0.507 e. The normalized spacial score (nSPS) is 28.2. The topological polar surface area (TPSA) is 106 Å². The Morgan fingerprint density at radius 2 is 1.82 bits per heavy atom. The maximum absolute atomic E-state index is 15.9. The van der Waals surface area contributed by atoms with Gasteiger partial charge in [-0.3, -0.25) is 0 Å². The van der Waals surface area contributed by atoms with Gasteiger partial charge in [-0.05, 0) is 56.1 Å². The van der Waals surface area contributed by atoms with E-state index >= 15 is 4.39 Å². The molecule has 9 nitrogen and oxygen atoms in total. The predicted octanol–water partition coefficient (Wildman–Crippen LogP) is 4.99. The third kappa shape index (κ3) is 4.19. The quantitative estimate of drug-likeness (QED) is 0.461. The van der Waals surface area contributed by atoms with Gasteiger partial charge in [0.15, 0.2) is 11.6 Å². The van der Waals surface area contributed by atoms with Crippen LogP contribution >= 0.6 is 0 Å². The number of rotatable bonds is 7. The zero-order valence-electron chi connectivity index (χ0n) is 22.2. The molecular weight excluding hydrogens is 487 g/mol. The molecule has 1 aromatic carbocycles. The number of nitrogens with zero attached hydrogens (tertiary/aromatic N) is 6. The highest BCUT2D eigenvalue weighted by atomic mass is 19.1. The maximum atomic E-state index is 15.9. The summed E-state index contributed by atoms with van der Waals surface area (Å²) < 4.78 is 26.3. The van der Waals surface area contributed by atoms with Gasteiger partial charge in [0.25, 0.3) is 11.8 Å². The van der Waals surface area contributed by atoms with Gasteiger partial charge in [-0.25, -0.2) is 19.3 Å². The Bertz CT molecular complexity index is 1350. The van der Waals surface area contributed by atoms with Crippen molar-refractivity contribution in [2.24, 2.45) is 10.8 Å². The zero-order valence-corrected chi connectivity index (χ0v) is 22.2. The molecule has 1 N–H and O–H groups in total. The average molecular weight is 521 g/mol. The number of aromatic nitrogens is 5. The average Bonchev–Trinajstić information content (AvgIpc) is 3.71. The first kappa shape index (κ1) is 24.8. The van der Waals surface area contributed by atoms with Crippen LogP contribution in [0.1, 0.15) is 52.4 Å². The summed E-state index contributed by atoms with van der Waals surface area (Å²) in [6.45, 7) is 4.41. The van der Waals surface area contributed by atoms with E-state index in [0.717, 1.165) is 38.5 Å². The van der Waals surface area contributed by atoms with E-state index in [-0.39, 0.29) is 40.4 Å². The van der Waals surface area contributed by atoms with Gasteiger partial charge in [0.05, 0.1) is 43.9 Å². The summed E-state index contributed by atoms with van der Waals surface area (Å²) in [5, 5.41) is 19.6. The van der Waals surface area contributed by atoms with Crippen molar-refractivity contribution in [3.8, 4) is 40.2 Å². The Hall–Kier alpha value is -3.56. The molecule has 6 rings (SSSR count). The molecule has 4 atom stereocenters. The molecule has 2 heterocycles. The van der Waals surface area contributed by atoms with Crippen LogP contribution < -0.4 is 14.4 Å². The molecule has 10 heteroatoms. The Morgan fingerprint density at radius 1 is 1.03 bits per heavy atom. The molecule has 3 fully saturated rings. The number of anilines is 1. The van der Waals surface area contributed by atoms with Crippen molar-refractivity contribution in [3.63, 3.8) is 0 Å². The third-order valence-corrected chi connectivity index (χ3v) is 8.58. The first-order valence-electron chi connectivity index (χ1n) is 13.1. The van der Waals surface area contributed by atoms with Gasteiger partial charge < -0.3 is 19.5 Å². The molecule has 0 radical (unpaired) electrons. The summed E-state index contributed by atoms with van der Waals surface area (Å²) in [6.07, 6.45) is 8.15. The predicted molar refractivity (Wildman–Crippen MR) is 140 cm³/mol. The van der Waals surface area contributed by atoms with Crippen molar-refractivity contribution in [2.75, 3.05) is 19.1 Å². The van der Waals surface area contributed by atoms with E-state index in [4.69, 9.17) is 9.47 Å². The third-order valence-electron chi connectivity index (χ3n) is 8.58. The Balaban J connectivity index is 1.26. The molecule has 0 amide bonds. The maximum Gasteiger partial charge on any atom is 0.278 e. The van der Waals surface area contributed by atoms with Crippen LogP contribution in [0.5, 0.6) is 17.5 Å². The summed E-state index contributed by atoms with van der Waals surface area (Å²) >= 11 is 0. The largest absolute Gasteiger partial charge is 0.507 e. The summed E-state index contributed by atoms with van der Waals surface area (Å²) in [7, 11) is 2.98. The molecule has 3 aliphatic carbocycles. The molecule has 3 aliphatic rings. The Labute approximate surface area is 221 Å². The van der Waals surface area contributed by atoms with E-state index in [1.165, 1.54) is 14.2 Å². The molecule has 0 aliphatic heterocycles. The van der Waals surface area contributed by atoms with E-state index in [1.54, 1.807) is 30.6 Å². The fourth-order valence-electron chi connectivity index (χ4n) is 6.61. The number of ether oxygens (including phenoxy) is 2. The zero-order chi connectivity index (χ0) is 26.7. The number of hydrogen-bond donors (Lipinski definition) is 1. The fraction of sp³-hybridized carbons (Fsp3) is 0.536. The van der Waals surface area contributed by atoms with Crippen LogP contribution in [0.25, 0.3) is 22.6 Å². The summed E-state index contributed by atoms with van der Waals surface area (Å²) in [5.41, 5.74) is 1.49. The summed E-state index contributed by atoms with van der Waals surface area (Å²) in [4.78, 5) is 15.3. The van der Waals surface area contributed by atoms with Crippen LogP contribution in [0.15, 0.2) is 30.6 Å². The number of phenolic OH excluding ortho intramolecular Hbond substituents is 1. The molecule has 38 heavy (non-hydrogen) atoms. The first-order chi connectivity index (χ1) is 18.2. The smallest absolute Gasteiger partial charge is 0.278 e. The summed E-state index contributed by atoms with van der Waals surface area (Å²) in [6, 6.07) is 5.15. The van der Waals surface area contributed by atoms with Crippen LogP contribution in [-0.2, 0) is 0 Å². The van der Waals surface area contributed by atoms with Crippen LogP contribution in [0, 0.1) is 10.8 Å². The molecule has 2 aromatic heterocycles. The number of methoxy groups -OCH3 is 2. The number of halogens is 1. The number of fused-ring (bicyclic) bond motifs is 2. The van der Waals surface area contributed by atoms with Gasteiger partial charge >= 0.3 is 0 Å². The lowest BCUT2D eigenvalue weighted by Gasteiger charge is -2.47. The molecule has 200 valence electrons. The lowest BCUT2D eigenvalue weighted by molar-refractivity contribution is 0.0357.